The van der Waals surface area contributed by atoms with Crippen LogP contribution in [0.4, 0.5) is 0 Å². The SMILES string of the molecule is CCc1[nH]ccc1C(=O)N[C@@H]1C[C@@H]2CC(C(=O)O)C[C@@H]21. The molecule has 2 fully saturated rings. The van der Waals surface area contributed by atoms with Gasteiger partial charge in [0.2, 0.25) is 0 Å². The Labute approximate surface area is 117 Å². The van der Waals surface area contributed by atoms with Gasteiger partial charge < -0.3 is 15.4 Å². The van der Waals surface area contributed by atoms with Crippen molar-refractivity contribution in [2.45, 2.75) is 38.6 Å². The van der Waals surface area contributed by atoms with Crippen LogP contribution < -0.4 is 5.32 Å². The highest BCUT2D eigenvalue weighted by Gasteiger charge is 2.49. The number of H-pyrrole nitrogens is 1. The van der Waals surface area contributed by atoms with E-state index >= 15 is 0 Å². The second-order valence-electron chi connectivity index (χ2n) is 5.97. The van der Waals surface area contributed by atoms with Crippen molar-refractivity contribution in [2.24, 2.45) is 17.8 Å². The molecule has 0 radical (unpaired) electrons. The molecule has 108 valence electrons. The van der Waals surface area contributed by atoms with Crippen LogP contribution in [-0.4, -0.2) is 28.0 Å². The van der Waals surface area contributed by atoms with E-state index in [1.54, 1.807) is 12.3 Å². The van der Waals surface area contributed by atoms with Gasteiger partial charge in [-0.3, -0.25) is 9.59 Å². The van der Waals surface area contributed by atoms with Crippen LogP contribution in [0.1, 0.15) is 42.2 Å². The van der Waals surface area contributed by atoms with Gasteiger partial charge in [0, 0.05) is 17.9 Å². The number of carbonyl (C=O) groups excluding carboxylic acids is 1. The standard InChI is InChI=1S/C15H20N2O3/c1-2-12-10(3-4-16-12)14(18)17-13-7-8-5-9(15(19)20)6-11(8)13/h3-4,8-9,11,13,16H,2,5-7H2,1H3,(H,17,18)(H,19,20)/t8-,9?,11-,13+/m0/s1. The summed E-state index contributed by atoms with van der Waals surface area (Å²) in [5.41, 5.74) is 1.66. The summed E-state index contributed by atoms with van der Waals surface area (Å²) in [7, 11) is 0. The molecular weight excluding hydrogens is 256 g/mol. The third kappa shape index (κ3) is 2.11. The molecule has 1 aromatic rings. The second kappa shape index (κ2) is 4.96. The molecule has 1 unspecified atom stereocenters. The predicted octanol–water partition coefficient (Wildman–Crippen LogP) is 1.81. The first-order valence-electron chi connectivity index (χ1n) is 7.30. The number of hydrogen-bond donors (Lipinski definition) is 3. The molecule has 0 aromatic carbocycles. The molecule has 1 amide bonds. The monoisotopic (exact) mass is 276 g/mol. The fourth-order valence-corrected chi connectivity index (χ4v) is 3.75. The maximum Gasteiger partial charge on any atom is 0.306 e. The zero-order chi connectivity index (χ0) is 14.3. The maximum atomic E-state index is 12.2. The summed E-state index contributed by atoms with van der Waals surface area (Å²) < 4.78 is 0. The number of hydrogen-bond acceptors (Lipinski definition) is 2. The number of carboxylic acids is 1. The number of aromatic nitrogens is 1. The zero-order valence-electron chi connectivity index (χ0n) is 11.6. The van der Waals surface area contributed by atoms with E-state index in [1.807, 2.05) is 6.92 Å². The lowest BCUT2D eigenvalue weighted by Gasteiger charge is -2.40. The summed E-state index contributed by atoms with van der Waals surface area (Å²) in [5, 5.41) is 12.1. The molecule has 2 saturated carbocycles. The van der Waals surface area contributed by atoms with E-state index in [0.717, 1.165) is 25.0 Å². The Bertz CT molecular complexity index is 537. The molecule has 0 saturated heterocycles. The molecule has 1 aromatic heterocycles. The lowest BCUT2D eigenvalue weighted by Crippen LogP contribution is -2.50. The highest BCUT2D eigenvalue weighted by Crippen LogP contribution is 2.49. The molecule has 3 N–H and O–H groups in total. The second-order valence-corrected chi connectivity index (χ2v) is 5.97. The summed E-state index contributed by atoms with van der Waals surface area (Å²) in [4.78, 5) is 26.3. The molecule has 2 aliphatic rings. The molecule has 2 aliphatic carbocycles. The molecule has 3 rings (SSSR count). The summed E-state index contributed by atoms with van der Waals surface area (Å²) in [6.45, 7) is 2.01. The molecule has 0 bridgehead atoms. The van der Waals surface area contributed by atoms with Gasteiger partial charge in [-0.05, 0) is 43.6 Å². The van der Waals surface area contributed by atoms with Crippen LogP contribution in [0.5, 0.6) is 0 Å². The highest BCUT2D eigenvalue weighted by atomic mass is 16.4. The fourth-order valence-electron chi connectivity index (χ4n) is 3.75. The highest BCUT2D eigenvalue weighted by molar-refractivity contribution is 5.95. The van der Waals surface area contributed by atoms with Crippen molar-refractivity contribution in [1.29, 1.82) is 0 Å². The van der Waals surface area contributed by atoms with Gasteiger partial charge in [-0.1, -0.05) is 6.92 Å². The lowest BCUT2D eigenvalue weighted by atomic mass is 9.71. The number of carboxylic acid groups (broad SMARTS) is 1. The molecule has 4 atom stereocenters. The van der Waals surface area contributed by atoms with E-state index in [2.05, 4.69) is 10.3 Å². The van der Waals surface area contributed by atoms with E-state index in [1.165, 1.54) is 0 Å². The number of aliphatic carboxylic acids is 1. The summed E-state index contributed by atoms with van der Waals surface area (Å²) in [5.74, 6) is -0.110. The smallest absolute Gasteiger partial charge is 0.306 e. The third-order valence-electron chi connectivity index (χ3n) is 4.92. The largest absolute Gasteiger partial charge is 0.481 e. The van der Waals surface area contributed by atoms with Gasteiger partial charge in [0.25, 0.3) is 5.91 Å². The Balaban J connectivity index is 1.61. The van der Waals surface area contributed by atoms with Crippen molar-refractivity contribution < 1.29 is 14.7 Å². The minimum absolute atomic E-state index is 0.0367. The molecule has 5 heteroatoms. The van der Waals surface area contributed by atoms with E-state index in [-0.39, 0.29) is 17.9 Å². The van der Waals surface area contributed by atoms with Crippen LogP contribution in [0.2, 0.25) is 0 Å². The Kier molecular flexibility index (Phi) is 3.28. The lowest BCUT2D eigenvalue weighted by molar-refractivity contribution is -0.141. The Morgan fingerprint density at radius 2 is 2.20 bits per heavy atom. The molecular formula is C15H20N2O3. The van der Waals surface area contributed by atoms with E-state index < -0.39 is 5.97 Å². The Morgan fingerprint density at radius 1 is 1.40 bits per heavy atom. The van der Waals surface area contributed by atoms with Crippen LogP contribution in [-0.2, 0) is 11.2 Å². The predicted molar refractivity (Wildman–Crippen MR) is 73.4 cm³/mol. The van der Waals surface area contributed by atoms with Crippen molar-refractivity contribution >= 4 is 11.9 Å². The van der Waals surface area contributed by atoms with Crippen LogP contribution in [0.3, 0.4) is 0 Å². The van der Waals surface area contributed by atoms with E-state index in [4.69, 9.17) is 5.11 Å². The van der Waals surface area contributed by atoms with Gasteiger partial charge in [-0.2, -0.15) is 0 Å². The molecule has 0 aliphatic heterocycles. The number of rotatable bonds is 4. The minimum atomic E-state index is -0.691. The first kappa shape index (κ1) is 13.2. The van der Waals surface area contributed by atoms with Crippen LogP contribution >= 0.6 is 0 Å². The van der Waals surface area contributed by atoms with Crippen molar-refractivity contribution in [2.75, 3.05) is 0 Å². The van der Waals surface area contributed by atoms with E-state index in [9.17, 15) is 9.59 Å². The quantitative estimate of drug-likeness (QED) is 0.784. The first-order chi connectivity index (χ1) is 9.60. The summed E-state index contributed by atoms with van der Waals surface area (Å²) in [6.07, 6.45) is 4.99. The van der Waals surface area contributed by atoms with Crippen molar-refractivity contribution in [3.05, 3.63) is 23.5 Å². The Hall–Kier alpha value is -1.78. The Morgan fingerprint density at radius 3 is 2.90 bits per heavy atom. The number of carbonyl (C=O) groups is 2. The number of aryl methyl sites for hydroxylation is 1. The maximum absolute atomic E-state index is 12.2. The van der Waals surface area contributed by atoms with Gasteiger partial charge in [-0.25, -0.2) is 0 Å². The average Bonchev–Trinajstić information content (AvgIpc) is 2.99. The minimum Gasteiger partial charge on any atom is -0.481 e. The summed E-state index contributed by atoms with van der Waals surface area (Å²) >= 11 is 0. The van der Waals surface area contributed by atoms with Gasteiger partial charge in [0.05, 0.1) is 11.5 Å². The number of nitrogens with one attached hydrogen (secondary N) is 2. The van der Waals surface area contributed by atoms with Gasteiger partial charge >= 0.3 is 5.97 Å². The number of fused-ring (bicyclic) bond motifs is 1. The van der Waals surface area contributed by atoms with Gasteiger partial charge in [0.1, 0.15) is 0 Å². The third-order valence-corrected chi connectivity index (χ3v) is 4.92. The van der Waals surface area contributed by atoms with E-state index in [0.29, 0.717) is 23.8 Å². The zero-order valence-corrected chi connectivity index (χ0v) is 11.6. The molecule has 0 spiro atoms. The molecule has 1 heterocycles. The number of amides is 1. The van der Waals surface area contributed by atoms with Crippen molar-refractivity contribution in [3.8, 4) is 0 Å². The van der Waals surface area contributed by atoms with Crippen LogP contribution in [0.25, 0.3) is 0 Å². The van der Waals surface area contributed by atoms with Crippen molar-refractivity contribution in [1.82, 2.24) is 10.3 Å². The first-order valence-corrected chi connectivity index (χ1v) is 7.30. The van der Waals surface area contributed by atoms with Crippen LogP contribution in [0.15, 0.2) is 12.3 Å². The normalized spacial score (nSPS) is 31.4. The summed E-state index contributed by atoms with van der Waals surface area (Å²) in [6, 6.07) is 1.95. The van der Waals surface area contributed by atoms with Crippen molar-refractivity contribution in [3.63, 3.8) is 0 Å². The fraction of sp³-hybridized carbons (Fsp3) is 0.600. The topological polar surface area (TPSA) is 82.2 Å². The molecule has 20 heavy (non-hydrogen) atoms. The van der Waals surface area contributed by atoms with Gasteiger partial charge in [0.15, 0.2) is 0 Å². The molecule has 5 nitrogen and oxygen atoms in total. The number of aromatic amines is 1. The van der Waals surface area contributed by atoms with Crippen LogP contribution in [0, 0.1) is 17.8 Å². The van der Waals surface area contributed by atoms with Gasteiger partial charge in [-0.15, -0.1) is 0 Å². The average molecular weight is 276 g/mol.